The van der Waals surface area contributed by atoms with Crippen molar-refractivity contribution in [2.24, 2.45) is 0 Å². The van der Waals surface area contributed by atoms with Crippen LogP contribution in [0.25, 0.3) is 11.0 Å². The minimum Gasteiger partial charge on any atom is -0.481 e. The summed E-state index contributed by atoms with van der Waals surface area (Å²) in [5.74, 6) is 0.264. The predicted octanol–water partition coefficient (Wildman–Crippen LogP) is 3.72. The van der Waals surface area contributed by atoms with Crippen molar-refractivity contribution in [2.75, 3.05) is 7.11 Å². The van der Waals surface area contributed by atoms with E-state index in [0.29, 0.717) is 0 Å². The topological polar surface area (TPSA) is 53.5 Å². The van der Waals surface area contributed by atoms with Crippen molar-refractivity contribution < 1.29 is 27.2 Å². The highest BCUT2D eigenvalue weighted by Gasteiger charge is 2.55. The first kappa shape index (κ1) is 19.4. The van der Waals surface area contributed by atoms with Crippen molar-refractivity contribution in [3.63, 3.8) is 0 Å². The van der Waals surface area contributed by atoms with Gasteiger partial charge in [-0.2, -0.15) is 13.2 Å². The standard InChI is InChI=1S/C16H17BBrF3N2O3/c1-14(2)15(3,4)26-17(25-14)10-11(18)12-8(6-7-9(23-12)24-5)22-13(10)16(19,20)21/h6-7H,1-5H3. The number of alkyl halides is 3. The first-order valence-corrected chi connectivity index (χ1v) is 8.63. The van der Waals surface area contributed by atoms with Crippen molar-refractivity contribution in [1.29, 1.82) is 0 Å². The van der Waals surface area contributed by atoms with Gasteiger partial charge in [0.1, 0.15) is 11.2 Å². The molecule has 1 aliphatic rings. The zero-order valence-electron chi connectivity index (χ0n) is 14.9. The van der Waals surface area contributed by atoms with Gasteiger partial charge < -0.3 is 14.0 Å². The fourth-order valence-corrected chi connectivity index (χ4v) is 3.27. The number of rotatable bonds is 2. The summed E-state index contributed by atoms with van der Waals surface area (Å²) in [6, 6.07) is 2.88. The van der Waals surface area contributed by atoms with Crippen LogP contribution in [0.3, 0.4) is 0 Å². The molecule has 0 unspecified atom stereocenters. The van der Waals surface area contributed by atoms with E-state index in [-0.39, 0.29) is 26.8 Å². The van der Waals surface area contributed by atoms with E-state index >= 15 is 0 Å². The van der Waals surface area contributed by atoms with Crippen LogP contribution in [0.2, 0.25) is 0 Å². The average molecular weight is 433 g/mol. The molecule has 5 nitrogen and oxygen atoms in total. The third-order valence-electron chi connectivity index (χ3n) is 4.75. The first-order chi connectivity index (χ1) is 11.9. The highest BCUT2D eigenvalue weighted by atomic mass is 79.9. The number of hydrogen-bond acceptors (Lipinski definition) is 5. The summed E-state index contributed by atoms with van der Waals surface area (Å²) in [4.78, 5) is 8.00. The Morgan fingerprint density at radius 1 is 1.08 bits per heavy atom. The largest absolute Gasteiger partial charge is 0.498 e. The number of aromatic nitrogens is 2. The summed E-state index contributed by atoms with van der Waals surface area (Å²) in [6.45, 7) is 7.07. The third-order valence-corrected chi connectivity index (χ3v) is 5.55. The molecule has 26 heavy (non-hydrogen) atoms. The van der Waals surface area contributed by atoms with Gasteiger partial charge in [0.15, 0.2) is 0 Å². The lowest BCUT2D eigenvalue weighted by atomic mass is 9.77. The number of halogens is 4. The molecule has 2 aromatic heterocycles. The lowest BCUT2D eigenvalue weighted by Crippen LogP contribution is -2.41. The summed E-state index contributed by atoms with van der Waals surface area (Å²) in [6.07, 6.45) is -4.68. The van der Waals surface area contributed by atoms with Crippen LogP contribution in [0.15, 0.2) is 16.6 Å². The second-order valence-electron chi connectivity index (χ2n) is 7.00. The Morgan fingerprint density at radius 3 is 2.15 bits per heavy atom. The third kappa shape index (κ3) is 3.08. The van der Waals surface area contributed by atoms with Gasteiger partial charge in [-0.1, -0.05) is 0 Å². The molecule has 3 heterocycles. The maximum atomic E-state index is 13.7. The monoisotopic (exact) mass is 432 g/mol. The maximum Gasteiger partial charge on any atom is 0.498 e. The van der Waals surface area contributed by atoms with E-state index < -0.39 is 30.2 Å². The predicted molar refractivity (Wildman–Crippen MR) is 94.5 cm³/mol. The van der Waals surface area contributed by atoms with Crippen LogP contribution in [0.5, 0.6) is 5.88 Å². The Bertz CT molecular complexity index is 858. The van der Waals surface area contributed by atoms with E-state index in [1.807, 2.05) is 0 Å². The van der Waals surface area contributed by atoms with Gasteiger partial charge in [0.2, 0.25) is 5.88 Å². The molecule has 0 radical (unpaired) electrons. The molecule has 1 fully saturated rings. The summed E-state index contributed by atoms with van der Waals surface area (Å²) >= 11 is 3.26. The van der Waals surface area contributed by atoms with Crippen LogP contribution in [-0.2, 0) is 15.5 Å². The van der Waals surface area contributed by atoms with Gasteiger partial charge in [0.25, 0.3) is 0 Å². The molecule has 10 heteroatoms. The molecule has 0 saturated carbocycles. The van der Waals surface area contributed by atoms with Crippen LogP contribution < -0.4 is 10.2 Å². The summed E-state index contributed by atoms with van der Waals surface area (Å²) < 4.78 is 57.9. The van der Waals surface area contributed by atoms with Gasteiger partial charge in [0, 0.05) is 16.0 Å². The molecule has 0 spiro atoms. The van der Waals surface area contributed by atoms with Crippen LogP contribution in [0, 0.1) is 0 Å². The number of fused-ring (bicyclic) bond motifs is 1. The average Bonchev–Trinajstić information content (AvgIpc) is 2.73. The minimum absolute atomic E-state index is 0.0882. The molecular formula is C16H17BBrF3N2O3. The van der Waals surface area contributed by atoms with E-state index in [2.05, 4.69) is 25.9 Å². The van der Waals surface area contributed by atoms with Crippen LogP contribution >= 0.6 is 15.9 Å². The van der Waals surface area contributed by atoms with Crippen LogP contribution in [0.1, 0.15) is 33.4 Å². The highest BCUT2D eigenvalue weighted by Crippen LogP contribution is 2.39. The number of nitrogens with zero attached hydrogens (tertiary/aromatic N) is 2. The lowest BCUT2D eigenvalue weighted by molar-refractivity contribution is -0.140. The Balaban J connectivity index is 2.27. The maximum absolute atomic E-state index is 13.7. The van der Waals surface area contributed by atoms with Crippen molar-refractivity contribution in [3.05, 3.63) is 22.3 Å². The summed E-state index contributed by atoms with van der Waals surface area (Å²) in [7, 11) is 0.185. The molecule has 0 amide bonds. The smallest absolute Gasteiger partial charge is 0.481 e. The zero-order valence-corrected chi connectivity index (χ0v) is 16.4. The Morgan fingerprint density at radius 2 is 1.65 bits per heavy atom. The molecule has 140 valence electrons. The van der Waals surface area contributed by atoms with E-state index in [1.165, 1.54) is 19.2 Å². The summed E-state index contributed by atoms with van der Waals surface area (Å²) in [5.41, 5.74) is -2.56. The number of pyridine rings is 2. The molecule has 0 aliphatic carbocycles. The van der Waals surface area contributed by atoms with E-state index in [0.717, 1.165) is 0 Å². The Kier molecular flexibility index (Phi) is 4.52. The van der Waals surface area contributed by atoms with Crippen molar-refractivity contribution >= 4 is 39.5 Å². The molecule has 0 atom stereocenters. The van der Waals surface area contributed by atoms with E-state index in [9.17, 15) is 13.2 Å². The fourth-order valence-electron chi connectivity index (χ4n) is 2.60. The number of hydrogen-bond donors (Lipinski definition) is 0. The highest BCUT2D eigenvalue weighted by molar-refractivity contribution is 9.10. The lowest BCUT2D eigenvalue weighted by Gasteiger charge is -2.32. The molecule has 0 bridgehead atoms. The number of ether oxygens (including phenoxy) is 1. The van der Waals surface area contributed by atoms with Crippen molar-refractivity contribution in [3.8, 4) is 5.88 Å². The van der Waals surface area contributed by atoms with Gasteiger partial charge in [0.05, 0.1) is 23.8 Å². The molecule has 0 aromatic carbocycles. The van der Waals surface area contributed by atoms with Crippen molar-refractivity contribution in [1.82, 2.24) is 9.97 Å². The zero-order chi connectivity index (χ0) is 19.5. The quantitative estimate of drug-likeness (QED) is 0.677. The van der Waals surface area contributed by atoms with E-state index in [4.69, 9.17) is 14.0 Å². The SMILES string of the molecule is COc1ccc2nc(C(F)(F)F)c(B3OC(C)(C)C(C)(C)O3)c(Br)c2n1. The van der Waals surface area contributed by atoms with Crippen molar-refractivity contribution in [2.45, 2.75) is 45.1 Å². The number of methoxy groups -OCH3 is 1. The van der Waals surface area contributed by atoms with Gasteiger partial charge in [-0.05, 0) is 49.7 Å². The van der Waals surface area contributed by atoms with Gasteiger partial charge in [-0.25, -0.2) is 9.97 Å². The van der Waals surface area contributed by atoms with E-state index in [1.54, 1.807) is 27.7 Å². The second kappa shape index (κ2) is 6.07. The van der Waals surface area contributed by atoms with Crippen LogP contribution in [-0.4, -0.2) is 35.4 Å². The molecule has 1 aliphatic heterocycles. The Labute approximate surface area is 157 Å². The minimum atomic E-state index is -4.68. The van der Waals surface area contributed by atoms with Gasteiger partial charge >= 0.3 is 13.3 Å². The normalized spacial score (nSPS) is 19.2. The second-order valence-corrected chi connectivity index (χ2v) is 7.79. The molecular weight excluding hydrogens is 416 g/mol. The summed E-state index contributed by atoms with van der Waals surface area (Å²) in [5, 5.41) is 0. The molecule has 3 rings (SSSR count). The van der Waals surface area contributed by atoms with Gasteiger partial charge in [-0.15, -0.1) is 0 Å². The molecule has 1 saturated heterocycles. The fraction of sp³-hybridized carbons (Fsp3) is 0.500. The molecule has 2 aromatic rings. The Hall–Kier alpha value is -1.39. The van der Waals surface area contributed by atoms with Gasteiger partial charge in [-0.3, -0.25) is 0 Å². The first-order valence-electron chi connectivity index (χ1n) is 7.84. The molecule has 0 N–H and O–H groups in total. The van der Waals surface area contributed by atoms with Crippen LogP contribution in [0.4, 0.5) is 13.2 Å².